The maximum Gasteiger partial charge on any atom is 0.228 e. The highest BCUT2D eigenvalue weighted by atomic mass is 32.2. The van der Waals surface area contributed by atoms with Crippen molar-refractivity contribution in [1.82, 2.24) is 9.97 Å². The molecule has 0 spiro atoms. The molecule has 0 fully saturated rings. The Morgan fingerprint density at radius 3 is 2.65 bits per heavy atom. The number of rotatable bonds is 6. The molecule has 0 aliphatic rings. The van der Waals surface area contributed by atoms with Gasteiger partial charge in [-0.3, -0.25) is 4.79 Å². The summed E-state index contributed by atoms with van der Waals surface area (Å²) in [6.07, 6.45) is 3.73. The highest BCUT2D eigenvalue weighted by Crippen LogP contribution is 2.28. The van der Waals surface area contributed by atoms with Gasteiger partial charge in [-0.15, -0.1) is 0 Å². The summed E-state index contributed by atoms with van der Waals surface area (Å²) in [5.74, 6) is 0.684. The lowest BCUT2D eigenvalue weighted by atomic mass is 10.1. The van der Waals surface area contributed by atoms with Crippen molar-refractivity contribution < 1.29 is 9.53 Å². The van der Waals surface area contributed by atoms with Crippen LogP contribution < -0.4 is 10.1 Å². The zero-order valence-corrected chi connectivity index (χ0v) is 15.4. The van der Waals surface area contributed by atoms with E-state index < -0.39 is 0 Å². The summed E-state index contributed by atoms with van der Waals surface area (Å²) < 4.78 is 5.19. The highest BCUT2D eigenvalue weighted by Gasteiger charge is 2.08. The van der Waals surface area contributed by atoms with Crippen molar-refractivity contribution in [2.45, 2.75) is 23.4 Å². The number of carbonyl (C=O) groups excluding carboxylic acids is 1. The molecule has 132 valence electrons. The fourth-order valence-corrected chi connectivity index (χ4v) is 3.26. The van der Waals surface area contributed by atoms with Crippen LogP contribution in [0.5, 0.6) is 5.75 Å². The van der Waals surface area contributed by atoms with Crippen LogP contribution in [-0.4, -0.2) is 23.0 Å². The Labute approximate surface area is 156 Å². The Morgan fingerprint density at radius 1 is 1.12 bits per heavy atom. The van der Waals surface area contributed by atoms with Gasteiger partial charge in [-0.05, 0) is 66.2 Å². The molecule has 1 aromatic heterocycles. The summed E-state index contributed by atoms with van der Waals surface area (Å²) >= 11 is 1.49. The average Bonchev–Trinajstić information content (AvgIpc) is 2.65. The maximum atomic E-state index is 12.3. The van der Waals surface area contributed by atoms with Gasteiger partial charge in [-0.25, -0.2) is 9.97 Å². The van der Waals surface area contributed by atoms with Crippen molar-refractivity contribution in [2.24, 2.45) is 0 Å². The monoisotopic (exact) mass is 365 g/mol. The largest absolute Gasteiger partial charge is 0.497 e. The minimum Gasteiger partial charge on any atom is -0.497 e. The van der Waals surface area contributed by atoms with Crippen LogP contribution in [0.4, 0.5) is 5.69 Å². The quantitative estimate of drug-likeness (QED) is 0.666. The molecule has 0 saturated carbocycles. The fraction of sp³-hybridized carbons (Fsp3) is 0.150. The van der Waals surface area contributed by atoms with Crippen LogP contribution in [-0.2, 0) is 11.2 Å². The van der Waals surface area contributed by atoms with Gasteiger partial charge < -0.3 is 10.1 Å². The summed E-state index contributed by atoms with van der Waals surface area (Å²) in [5.41, 5.74) is 2.70. The molecule has 0 unspecified atom stereocenters. The number of nitrogens with zero attached hydrogens (tertiary/aromatic N) is 2. The van der Waals surface area contributed by atoms with E-state index in [1.54, 1.807) is 25.6 Å². The predicted molar refractivity (Wildman–Crippen MR) is 103 cm³/mol. The van der Waals surface area contributed by atoms with Crippen LogP contribution in [0.15, 0.2) is 71.0 Å². The molecule has 1 amide bonds. The summed E-state index contributed by atoms with van der Waals surface area (Å²) in [6.45, 7) is 1.97. The van der Waals surface area contributed by atoms with E-state index in [0.29, 0.717) is 11.6 Å². The van der Waals surface area contributed by atoms with E-state index in [1.807, 2.05) is 49.4 Å². The third-order valence-corrected chi connectivity index (χ3v) is 4.61. The minimum absolute atomic E-state index is 0.0619. The molecule has 0 radical (unpaired) electrons. The number of benzene rings is 2. The zero-order valence-electron chi connectivity index (χ0n) is 14.6. The van der Waals surface area contributed by atoms with E-state index in [1.165, 1.54) is 11.8 Å². The summed E-state index contributed by atoms with van der Waals surface area (Å²) in [7, 11) is 1.61. The van der Waals surface area contributed by atoms with E-state index in [-0.39, 0.29) is 5.91 Å². The van der Waals surface area contributed by atoms with Gasteiger partial charge in [0.15, 0.2) is 5.16 Å². The van der Waals surface area contributed by atoms with Gasteiger partial charge in [0.1, 0.15) is 5.75 Å². The van der Waals surface area contributed by atoms with Crippen LogP contribution in [0, 0.1) is 6.92 Å². The van der Waals surface area contributed by atoms with Crippen LogP contribution in [0.2, 0.25) is 0 Å². The molecule has 3 aromatic rings. The molecular formula is C20H19N3O2S. The number of hydrogen-bond acceptors (Lipinski definition) is 5. The van der Waals surface area contributed by atoms with Gasteiger partial charge in [-0.2, -0.15) is 0 Å². The van der Waals surface area contributed by atoms with Crippen LogP contribution in [0.1, 0.15) is 11.1 Å². The van der Waals surface area contributed by atoms with Crippen LogP contribution in [0.25, 0.3) is 0 Å². The number of methoxy groups -OCH3 is 1. The van der Waals surface area contributed by atoms with Crippen molar-refractivity contribution in [3.63, 3.8) is 0 Å². The average molecular weight is 365 g/mol. The lowest BCUT2D eigenvalue weighted by Gasteiger charge is -2.10. The van der Waals surface area contributed by atoms with Crippen molar-refractivity contribution in [1.29, 1.82) is 0 Å². The molecule has 1 heterocycles. The van der Waals surface area contributed by atoms with Crippen LogP contribution >= 0.6 is 11.8 Å². The Morgan fingerprint density at radius 2 is 1.92 bits per heavy atom. The SMILES string of the molecule is COc1cccc(CC(=O)Nc2ccc(Sc3ncccn3)cc2C)c1. The predicted octanol–water partition coefficient (Wildman–Crippen LogP) is 4.13. The topological polar surface area (TPSA) is 64.1 Å². The van der Waals surface area contributed by atoms with Gasteiger partial charge in [0.05, 0.1) is 13.5 Å². The highest BCUT2D eigenvalue weighted by molar-refractivity contribution is 7.99. The second-order valence-electron chi connectivity index (χ2n) is 5.69. The van der Waals surface area contributed by atoms with Crippen molar-refractivity contribution in [2.75, 3.05) is 12.4 Å². The Hall–Kier alpha value is -2.86. The second-order valence-corrected chi connectivity index (χ2v) is 6.73. The molecule has 1 N–H and O–H groups in total. The van der Waals surface area contributed by atoms with Crippen LogP contribution in [0.3, 0.4) is 0 Å². The molecule has 26 heavy (non-hydrogen) atoms. The molecule has 3 rings (SSSR count). The number of anilines is 1. The van der Waals surface area contributed by atoms with Gasteiger partial charge in [-0.1, -0.05) is 12.1 Å². The molecule has 0 atom stereocenters. The standard InChI is InChI=1S/C20H19N3O2S/c1-14-11-17(26-20-21-9-4-10-22-20)7-8-18(14)23-19(24)13-15-5-3-6-16(12-15)25-2/h3-12H,13H2,1-2H3,(H,23,24). The third kappa shape index (κ3) is 4.83. The first-order valence-corrected chi connectivity index (χ1v) is 8.94. The number of ether oxygens (including phenoxy) is 1. The van der Waals surface area contributed by atoms with Gasteiger partial charge in [0.25, 0.3) is 0 Å². The van der Waals surface area contributed by atoms with E-state index in [2.05, 4.69) is 15.3 Å². The molecule has 0 saturated heterocycles. The number of aryl methyl sites for hydroxylation is 1. The molecule has 5 nitrogen and oxygen atoms in total. The van der Waals surface area contributed by atoms with E-state index in [9.17, 15) is 4.79 Å². The van der Waals surface area contributed by atoms with Gasteiger partial charge in [0, 0.05) is 23.0 Å². The first kappa shape index (κ1) is 17.9. The fourth-order valence-electron chi connectivity index (χ4n) is 2.45. The third-order valence-electron chi connectivity index (χ3n) is 3.72. The van der Waals surface area contributed by atoms with E-state index in [0.717, 1.165) is 27.5 Å². The number of carbonyl (C=O) groups is 1. The Kier molecular flexibility index (Phi) is 5.86. The zero-order chi connectivity index (χ0) is 18.4. The Balaban J connectivity index is 1.65. The molecule has 0 bridgehead atoms. The van der Waals surface area contributed by atoms with Gasteiger partial charge in [0.2, 0.25) is 5.91 Å². The maximum absolute atomic E-state index is 12.3. The summed E-state index contributed by atoms with van der Waals surface area (Å²) in [6, 6.07) is 15.2. The lowest BCUT2D eigenvalue weighted by molar-refractivity contribution is -0.115. The number of nitrogens with one attached hydrogen (secondary N) is 1. The van der Waals surface area contributed by atoms with E-state index in [4.69, 9.17) is 4.74 Å². The molecule has 2 aromatic carbocycles. The molecule has 0 aliphatic heterocycles. The second kappa shape index (κ2) is 8.49. The lowest BCUT2D eigenvalue weighted by Crippen LogP contribution is -2.15. The van der Waals surface area contributed by atoms with Crippen molar-refractivity contribution >= 4 is 23.4 Å². The van der Waals surface area contributed by atoms with Gasteiger partial charge >= 0.3 is 0 Å². The number of amides is 1. The molecule has 6 heteroatoms. The first-order valence-electron chi connectivity index (χ1n) is 8.12. The molecular weight excluding hydrogens is 346 g/mol. The summed E-state index contributed by atoms with van der Waals surface area (Å²) in [5, 5.41) is 3.66. The van der Waals surface area contributed by atoms with Crippen molar-refractivity contribution in [3.8, 4) is 5.75 Å². The molecule has 0 aliphatic carbocycles. The Bertz CT molecular complexity index is 901. The number of hydrogen-bond donors (Lipinski definition) is 1. The minimum atomic E-state index is -0.0619. The first-order chi connectivity index (χ1) is 12.6. The summed E-state index contributed by atoms with van der Waals surface area (Å²) in [4.78, 5) is 21.8. The smallest absolute Gasteiger partial charge is 0.228 e. The number of aromatic nitrogens is 2. The van der Waals surface area contributed by atoms with E-state index >= 15 is 0 Å². The normalized spacial score (nSPS) is 10.4. The van der Waals surface area contributed by atoms with Crippen molar-refractivity contribution in [3.05, 3.63) is 72.1 Å².